The van der Waals surface area contributed by atoms with Gasteiger partial charge in [-0.15, -0.1) is 0 Å². The number of nitrogens with zero attached hydrogens (tertiary/aromatic N) is 2. The van der Waals surface area contributed by atoms with Crippen molar-refractivity contribution in [1.29, 1.82) is 0 Å². The van der Waals surface area contributed by atoms with Gasteiger partial charge in [-0.1, -0.05) is 6.92 Å². The topological polar surface area (TPSA) is 59.0 Å². The summed E-state index contributed by atoms with van der Waals surface area (Å²) in [5.41, 5.74) is 0.924. The molecular formula is C13H24N4O. The molecule has 0 fully saturated rings. The number of aryl methyl sites for hydroxylation is 1. The van der Waals surface area contributed by atoms with Gasteiger partial charge in [-0.25, -0.2) is 0 Å². The van der Waals surface area contributed by atoms with Crippen molar-refractivity contribution >= 4 is 5.91 Å². The molecule has 5 nitrogen and oxygen atoms in total. The Hall–Kier alpha value is -1.36. The molecule has 0 aromatic carbocycles. The van der Waals surface area contributed by atoms with E-state index in [9.17, 15) is 4.79 Å². The highest BCUT2D eigenvalue weighted by Crippen LogP contribution is 2.07. The van der Waals surface area contributed by atoms with Gasteiger partial charge in [0.1, 0.15) is 0 Å². The van der Waals surface area contributed by atoms with E-state index >= 15 is 0 Å². The van der Waals surface area contributed by atoms with Crippen molar-refractivity contribution in [3.05, 3.63) is 18.0 Å². The maximum Gasteiger partial charge on any atom is 0.237 e. The van der Waals surface area contributed by atoms with Crippen LogP contribution in [-0.4, -0.2) is 27.3 Å². The molecule has 1 unspecified atom stereocenters. The normalized spacial score (nSPS) is 13.4. The minimum absolute atomic E-state index is 0.0331. The van der Waals surface area contributed by atoms with Crippen LogP contribution in [0.15, 0.2) is 12.4 Å². The number of hydrogen-bond acceptors (Lipinski definition) is 3. The summed E-state index contributed by atoms with van der Waals surface area (Å²) in [6.07, 6.45) is 4.65. The largest absolute Gasteiger partial charge is 0.350 e. The van der Waals surface area contributed by atoms with Crippen LogP contribution in [0, 0.1) is 0 Å². The zero-order valence-electron chi connectivity index (χ0n) is 11.9. The summed E-state index contributed by atoms with van der Waals surface area (Å²) in [7, 11) is 1.88. The summed E-state index contributed by atoms with van der Waals surface area (Å²) < 4.78 is 1.75. The lowest BCUT2D eigenvalue weighted by Crippen LogP contribution is -2.50. The molecule has 0 bridgehead atoms. The van der Waals surface area contributed by atoms with Gasteiger partial charge in [0, 0.05) is 30.9 Å². The second kappa shape index (κ2) is 6.00. The fraction of sp³-hybridized carbons (Fsp3) is 0.692. The molecule has 18 heavy (non-hydrogen) atoms. The average Bonchev–Trinajstić information content (AvgIpc) is 2.71. The van der Waals surface area contributed by atoms with Crippen LogP contribution >= 0.6 is 0 Å². The quantitative estimate of drug-likeness (QED) is 0.800. The summed E-state index contributed by atoms with van der Waals surface area (Å²) in [5, 5.41) is 10.3. The van der Waals surface area contributed by atoms with Crippen LogP contribution in [0.5, 0.6) is 0 Å². The van der Waals surface area contributed by atoms with E-state index in [4.69, 9.17) is 0 Å². The van der Waals surface area contributed by atoms with Gasteiger partial charge in [-0.3, -0.25) is 9.48 Å². The van der Waals surface area contributed by atoms with Crippen molar-refractivity contribution in [3.63, 3.8) is 0 Å². The van der Waals surface area contributed by atoms with Gasteiger partial charge in [0.25, 0.3) is 0 Å². The molecule has 0 spiro atoms. The Bertz CT molecular complexity index is 397. The van der Waals surface area contributed by atoms with Gasteiger partial charge >= 0.3 is 0 Å². The number of aromatic nitrogens is 2. The number of carbonyl (C=O) groups excluding carboxylic acids is 1. The van der Waals surface area contributed by atoms with Crippen molar-refractivity contribution in [2.24, 2.45) is 7.05 Å². The SMILES string of the molecule is CCC(C)(C)NC(=O)C(C)NCc1cnn(C)c1. The second-order valence-corrected chi connectivity index (χ2v) is 5.35. The van der Waals surface area contributed by atoms with Crippen LogP contribution in [-0.2, 0) is 18.4 Å². The molecule has 0 aliphatic carbocycles. The maximum atomic E-state index is 11.9. The standard InChI is InChI=1S/C13H24N4O/c1-6-13(3,4)16-12(18)10(2)14-7-11-8-15-17(5)9-11/h8-10,14H,6-7H2,1-5H3,(H,16,18). The van der Waals surface area contributed by atoms with Crippen molar-refractivity contribution < 1.29 is 4.79 Å². The predicted octanol–water partition coefficient (Wildman–Crippen LogP) is 1.20. The first-order valence-electron chi connectivity index (χ1n) is 6.37. The zero-order valence-corrected chi connectivity index (χ0v) is 11.9. The minimum Gasteiger partial charge on any atom is -0.350 e. The number of carbonyl (C=O) groups is 1. The molecule has 1 aromatic rings. The Balaban J connectivity index is 2.41. The molecule has 0 saturated carbocycles. The van der Waals surface area contributed by atoms with Crippen LogP contribution in [0.25, 0.3) is 0 Å². The smallest absolute Gasteiger partial charge is 0.237 e. The van der Waals surface area contributed by atoms with Gasteiger partial charge in [0.15, 0.2) is 0 Å². The van der Waals surface area contributed by atoms with Crippen molar-refractivity contribution in [1.82, 2.24) is 20.4 Å². The molecule has 1 rings (SSSR count). The summed E-state index contributed by atoms with van der Waals surface area (Å²) in [4.78, 5) is 11.9. The van der Waals surface area contributed by atoms with Gasteiger partial charge in [-0.2, -0.15) is 5.10 Å². The zero-order chi connectivity index (χ0) is 13.8. The van der Waals surface area contributed by atoms with Crippen LogP contribution in [0.3, 0.4) is 0 Å². The first-order valence-corrected chi connectivity index (χ1v) is 6.37. The Morgan fingerprint density at radius 2 is 2.22 bits per heavy atom. The number of hydrogen-bond donors (Lipinski definition) is 2. The van der Waals surface area contributed by atoms with Gasteiger partial charge < -0.3 is 10.6 Å². The van der Waals surface area contributed by atoms with E-state index < -0.39 is 0 Å². The van der Waals surface area contributed by atoms with Crippen LogP contribution in [0.1, 0.15) is 39.7 Å². The second-order valence-electron chi connectivity index (χ2n) is 5.35. The fourth-order valence-corrected chi connectivity index (χ4v) is 1.46. The lowest BCUT2D eigenvalue weighted by Gasteiger charge is -2.26. The van der Waals surface area contributed by atoms with E-state index in [2.05, 4.69) is 22.7 Å². The highest BCUT2D eigenvalue weighted by atomic mass is 16.2. The molecule has 0 radical (unpaired) electrons. The fourth-order valence-electron chi connectivity index (χ4n) is 1.46. The third-order valence-corrected chi connectivity index (χ3v) is 3.11. The monoisotopic (exact) mass is 252 g/mol. The average molecular weight is 252 g/mol. The molecular weight excluding hydrogens is 228 g/mol. The minimum atomic E-state index is -0.212. The first-order chi connectivity index (χ1) is 8.34. The summed E-state index contributed by atoms with van der Waals surface area (Å²) in [5.74, 6) is 0.0331. The number of amides is 1. The molecule has 0 aliphatic heterocycles. The molecule has 5 heteroatoms. The molecule has 1 amide bonds. The van der Waals surface area contributed by atoms with Crippen molar-refractivity contribution in [3.8, 4) is 0 Å². The summed E-state index contributed by atoms with van der Waals surface area (Å²) >= 11 is 0. The lowest BCUT2D eigenvalue weighted by molar-refractivity contribution is -0.124. The third-order valence-electron chi connectivity index (χ3n) is 3.11. The van der Waals surface area contributed by atoms with Crippen LogP contribution in [0.2, 0.25) is 0 Å². The van der Waals surface area contributed by atoms with Gasteiger partial charge in [0.2, 0.25) is 5.91 Å². The molecule has 0 aliphatic rings. The Morgan fingerprint density at radius 1 is 1.56 bits per heavy atom. The highest BCUT2D eigenvalue weighted by Gasteiger charge is 2.21. The highest BCUT2D eigenvalue weighted by molar-refractivity contribution is 5.81. The molecule has 102 valence electrons. The van der Waals surface area contributed by atoms with E-state index in [0.717, 1.165) is 12.0 Å². The van der Waals surface area contributed by atoms with Crippen molar-refractivity contribution in [2.45, 2.75) is 52.2 Å². The maximum absolute atomic E-state index is 11.9. The predicted molar refractivity (Wildman–Crippen MR) is 72.0 cm³/mol. The van der Waals surface area contributed by atoms with Crippen LogP contribution in [0.4, 0.5) is 0 Å². The molecule has 0 saturated heterocycles. The van der Waals surface area contributed by atoms with Crippen molar-refractivity contribution in [2.75, 3.05) is 0 Å². The van der Waals surface area contributed by atoms with Gasteiger partial charge in [0.05, 0.1) is 12.2 Å². The Labute approximate surface area is 109 Å². The number of rotatable bonds is 6. The van der Waals surface area contributed by atoms with E-state index in [-0.39, 0.29) is 17.5 Å². The van der Waals surface area contributed by atoms with E-state index in [1.54, 1.807) is 10.9 Å². The lowest BCUT2D eigenvalue weighted by atomic mass is 10.0. The number of nitrogens with one attached hydrogen (secondary N) is 2. The molecule has 1 atom stereocenters. The Morgan fingerprint density at radius 3 is 2.72 bits per heavy atom. The summed E-state index contributed by atoms with van der Waals surface area (Å²) in [6.45, 7) is 8.64. The molecule has 2 N–H and O–H groups in total. The molecule has 1 aromatic heterocycles. The first kappa shape index (κ1) is 14.7. The van der Waals surface area contributed by atoms with E-state index in [1.165, 1.54) is 0 Å². The summed E-state index contributed by atoms with van der Waals surface area (Å²) in [6, 6.07) is -0.212. The Kier molecular flexibility index (Phi) is 4.90. The van der Waals surface area contributed by atoms with Crippen LogP contribution < -0.4 is 10.6 Å². The van der Waals surface area contributed by atoms with E-state index in [0.29, 0.717) is 6.54 Å². The van der Waals surface area contributed by atoms with E-state index in [1.807, 2.05) is 34.0 Å². The van der Waals surface area contributed by atoms with Gasteiger partial charge in [-0.05, 0) is 27.2 Å². The third kappa shape index (κ3) is 4.49. The molecule has 1 heterocycles.